The monoisotopic (exact) mass is 314 g/mol. The molecule has 0 aromatic heterocycles. The SMILES string of the molecule is CN1CC(=O)N(CC(=O)c2ccc(Cl)c(Cl)c2)CC1=O. The molecular weight excluding hydrogens is 303 g/mol. The molecule has 2 amide bonds. The molecule has 5 nitrogen and oxygen atoms in total. The summed E-state index contributed by atoms with van der Waals surface area (Å²) in [4.78, 5) is 38.0. The molecule has 1 aliphatic heterocycles. The number of halogens is 2. The fourth-order valence-electron chi connectivity index (χ4n) is 1.84. The van der Waals surface area contributed by atoms with Crippen molar-refractivity contribution in [3.05, 3.63) is 33.8 Å². The predicted molar refractivity (Wildman–Crippen MR) is 75.0 cm³/mol. The van der Waals surface area contributed by atoms with Gasteiger partial charge >= 0.3 is 0 Å². The number of piperazine rings is 1. The minimum Gasteiger partial charge on any atom is -0.335 e. The van der Waals surface area contributed by atoms with Crippen LogP contribution in [-0.2, 0) is 9.59 Å². The first-order chi connectivity index (χ1) is 9.38. The van der Waals surface area contributed by atoms with Crippen LogP contribution in [0.4, 0.5) is 0 Å². The Bertz CT molecular complexity index is 589. The van der Waals surface area contributed by atoms with Crippen LogP contribution in [0.3, 0.4) is 0 Å². The van der Waals surface area contributed by atoms with Crippen LogP contribution in [0.25, 0.3) is 0 Å². The molecule has 2 rings (SSSR count). The molecule has 1 heterocycles. The molecule has 0 saturated carbocycles. The van der Waals surface area contributed by atoms with Crippen molar-refractivity contribution in [2.24, 2.45) is 0 Å². The molecular formula is C13H12Cl2N2O3. The molecule has 7 heteroatoms. The zero-order valence-electron chi connectivity index (χ0n) is 10.7. The Morgan fingerprint density at radius 1 is 1.15 bits per heavy atom. The van der Waals surface area contributed by atoms with Crippen molar-refractivity contribution in [3.8, 4) is 0 Å². The van der Waals surface area contributed by atoms with Gasteiger partial charge in [-0.3, -0.25) is 14.4 Å². The number of Topliss-reactive ketones (excluding diaryl/α,β-unsaturated/α-hetero) is 1. The van der Waals surface area contributed by atoms with E-state index < -0.39 is 0 Å². The Kier molecular flexibility index (Phi) is 4.30. The van der Waals surface area contributed by atoms with Gasteiger partial charge in [0.15, 0.2) is 5.78 Å². The van der Waals surface area contributed by atoms with E-state index in [1.165, 1.54) is 21.9 Å². The number of carbonyl (C=O) groups excluding carboxylic acids is 3. The van der Waals surface area contributed by atoms with Gasteiger partial charge in [0.1, 0.15) is 6.54 Å². The average molecular weight is 315 g/mol. The molecule has 0 spiro atoms. The van der Waals surface area contributed by atoms with Gasteiger partial charge in [-0.15, -0.1) is 0 Å². The molecule has 0 aliphatic carbocycles. The quantitative estimate of drug-likeness (QED) is 0.794. The van der Waals surface area contributed by atoms with E-state index in [2.05, 4.69) is 0 Å². The summed E-state index contributed by atoms with van der Waals surface area (Å²) in [5.41, 5.74) is 0.360. The van der Waals surface area contributed by atoms with E-state index in [4.69, 9.17) is 23.2 Å². The second kappa shape index (κ2) is 5.81. The molecule has 106 valence electrons. The molecule has 1 aliphatic rings. The number of amides is 2. The fraction of sp³-hybridized carbons (Fsp3) is 0.308. The minimum absolute atomic E-state index is 0.00646. The predicted octanol–water partition coefficient (Wildman–Crippen LogP) is 1.48. The van der Waals surface area contributed by atoms with E-state index >= 15 is 0 Å². The average Bonchev–Trinajstić information content (AvgIpc) is 2.39. The van der Waals surface area contributed by atoms with Gasteiger partial charge in [-0.25, -0.2) is 0 Å². The fourth-order valence-corrected chi connectivity index (χ4v) is 2.14. The molecule has 0 atom stereocenters. The maximum absolute atomic E-state index is 12.1. The third-order valence-corrected chi connectivity index (χ3v) is 3.79. The first-order valence-electron chi connectivity index (χ1n) is 5.88. The number of ketones is 1. The molecule has 0 unspecified atom stereocenters. The highest BCUT2D eigenvalue weighted by Gasteiger charge is 2.28. The molecule has 1 saturated heterocycles. The first-order valence-corrected chi connectivity index (χ1v) is 6.64. The van der Waals surface area contributed by atoms with Crippen LogP contribution in [-0.4, -0.2) is 54.1 Å². The van der Waals surface area contributed by atoms with Gasteiger partial charge in [0, 0.05) is 12.6 Å². The number of nitrogens with zero attached hydrogens (tertiary/aromatic N) is 2. The largest absolute Gasteiger partial charge is 0.335 e. The lowest BCUT2D eigenvalue weighted by Gasteiger charge is -2.31. The minimum atomic E-state index is -0.283. The third kappa shape index (κ3) is 3.11. The smallest absolute Gasteiger partial charge is 0.243 e. The van der Waals surface area contributed by atoms with Crippen molar-refractivity contribution in [2.45, 2.75) is 0 Å². The van der Waals surface area contributed by atoms with Gasteiger partial charge in [0.25, 0.3) is 0 Å². The summed E-state index contributed by atoms with van der Waals surface area (Å²) in [5, 5.41) is 0.632. The maximum atomic E-state index is 12.1. The van der Waals surface area contributed by atoms with Crippen molar-refractivity contribution >= 4 is 40.8 Å². The van der Waals surface area contributed by atoms with Crippen LogP contribution in [0.15, 0.2) is 18.2 Å². The van der Waals surface area contributed by atoms with E-state index in [0.717, 1.165) is 0 Å². The van der Waals surface area contributed by atoms with E-state index in [0.29, 0.717) is 10.6 Å². The third-order valence-electron chi connectivity index (χ3n) is 3.05. The number of likely N-dealkylation sites (N-methyl/N-ethyl adjacent to an activating group) is 1. The summed E-state index contributed by atoms with van der Waals surface area (Å²) >= 11 is 11.6. The molecule has 20 heavy (non-hydrogen) atoms. The zero-order chi connectivity index (χ0) is 14.9. The second-order valence-corrected chi connectivity index (χ2v) is 5.37. The van der Waals surface area contributed by atoms with Crippen molar-refractivity contribution in [2.75, 3.05) is 26.7 Å². The van der Waals surface area contributed by atoms with E-state index in [9.17, 15) is 14.4 Å². The molecule has 1 aromatic carbocycles. The first kappa shape index (κ1) is 14.8. The maximum Gasteiger partial charge on any atom is 0.243 e. The van der Waals surface area contributed by atoms with E-state index in [-0.39, 0.29) is 42.3 Å². The summed E-state index contributed by atoms with van der Waals surface area (Å²) in [7, 11) is 1.55. The molecule has 1 aromatic rings. The topological polar surface area (TPSA) is 57.7 Å². The highest BCUT2D eigenvalue weighted by atomic mass is 35.5. The van der Waals surface area contributed by atoms with Crippen molar-refractivity contribution in [3.63, 3.8) is 0 Å². The lowest BCUT2D eigenvalue weighted by atomic mass is 10.1. The van der Waals surface area contributed by atoms with Crippen LogP contribution in [0.1, 0.15) is 10.4 Å². The summed E-state index contributed by atoms with van der Waals surface area (Å²) in [6, 6.07) is 4.52. The summed E-state index contributed by atoms with van der Waals surface area (Å²) in [6.07, 6.45) is 0. The summed E-state index contributed by atoms with van der Waals surface area (Å²) in [5.74, 6) is -0.721. The molecule has 0 radical (unpaired) electrons. The molecule has 0 bridgehead atoms. The standard InChI is InChI=1S/C13H12Cl2N2O3/c1-16-6-13(20)17(7-12(16)19)5-11(18)8-2-3-9(14)10(15)4-8/h2-4H,5-7H2,1H3. The summed E-state index contributed by atoms with van der Waals surface area (Å²) < 4.78 is 0. The van der Waals surface area contributed by atoms with Crippen molar-refractivity contribution in [1.29, 1.82) is 0 Å². The zero-order valence-corrected chi connectivity index (χ0v) is 12.2. The van der Waals surface area contributed by atoms with Gasteiger partial charge in [-0.05, 0) is 18.2 Å². The Morgan fingerprint density at radius 3 is 2.50 bits per heavy atom. The Morgan fingerprint density at radius 2 is 1.85 bits per heavy atom. The lowest BCUT2D eigenvalue weighted by Crippen LogP contribution is -2.53. The van der Waals surface area contributed by atoms with Gasteiger partial charge in [0.05, 0.1) is 23.1 Å². The van der Waals surface area contributed by atoms with Crippen molar-refractivity contribution in [1.82, 2.24) is 9.80 Å². The van der Waals surface area contributed by atoms with E-state index in [1.807, 2.05) is 0 Å². The summed E-state index contributed by atoms with van der Waals surface area (Å²) in [6.45, 7) is -0.230. The number of carbonyl (C=O) groups is 3. The number of rotatable bonds is 3. The molecule has 1 fully saturated rings. The number of hydrogen-bond acceptors (Lipinski definition) is 3. The Balaban J connectivity index is 2.09. The lowest BCUT2D eigenvalue weighted by molar-refractivity contribution is -0.148. The van der Waals surface area contributed by atoms with Gasteiger partial charge in [-0.2, -0.15) is 0 Å². The van der Waals surface area contributed by atoms with Crippen LogP contribution in [0, 0.1) is 0 Å². The normalized spacial score (nSPS) is 15.8. The second-order valence-electron chi connectivity index (χ2n) is 4.55. The number of benzene rings is 1. The van der Waals surface area contributed by atoms with Crippen LogP contribution >= 0.6 is 23.2 Å². The van der Waals surface area contributed by atoms with E-state index in [1.54, 1.807) is 13.1 Å². The Labute approximate surface area is 126 Å². The van der Waals surface area contributed by atoms with Crippen LogP contribution in [0.2, 0.25) is 10.0 Å². The Hall–Kier alpha value is -1.59. The van der Waals surface area contributed by atoms with Gasteiger partial charge in [0.2, 0.25) is 11.8 Å². The number of hydrogen-bond donors (Lipinski definition) is 0. The van der Waals surface area contributed by atoms with Gasteiger partial charge in [-0.1, -0.05) is 23.2 Å². The van der Waals surface area contributed by atoms with Crippen molar-refractivity contribution < 1.29 is 14.4 Å². The highest BCUT2D eigenvalue weighted by molar-refractivity contribution is 6.42. The van der Waals surface area contributed by atoms with Gasteiger partial charge < -0.3 is 9.80 Å². The van der Waals surface area contributed by atoms with Crippen LogP contribution < -0.4 is 0 Å². The highest BCUT2D eigenvalue weighted by Crippen LogP contribution is 2.23. The molecule has 0 N–H and O–H groups in total. The van der Waals surface area contributed by atoms with Crippen LogP contribution in [0.5, 0.6) is 0 Å².